The van der Waals surface area contributed by atoms with Gasteiger partial charge in [0.05, 0.1) is 6.10 Å². The Kier molecular flexibility index (Phi) is 4.48. The Morgan fingerprint density at radius 2 is 2.28 bits per heavy atom. The van der Waals surface area contributed by atoms with E-state index in [0.717, 1.165) is 35.9 Å². The van der Waals surface area contributed by atoms with Crippen molar-refractivity contribution in [3.05, 3.63) is 66.1 Å². The van der Waals surface area contributed by atoms with Crippen molar-refractivity contribution in [3.8, 4) is 0 Å². The summed E-state index contributed by atoms with van der Waals surface area (Å²) in [6.07, 6.45) is 7.63. The van der Waals surface area contributed by atoms with Crippen LogP contribution in [0.1, 0.15) is 28.8 Å². The fourth-order valence-electron chi connectivity index (χ4n) is 3.33. The van der Waals surface area contributed by atoms with Gasteiger partial charge in [0, 0.05) is 49.4 Å². The van der Waals surface area contributed by atoms with E-state index in [9.17, 15) is 4.79 Å². The molecular formula is C20H21N3O2. The average molecular weight is 335 g/mol. The smallest absolute Gasteiger partial charge is 0.254 e. The fraction of sp³-hybridized carbons (Fsp3) is 0.300. The van der Waals surface area contributed by atoms with Crippen LogP contribution in [0.3, 0.4) is 0 Å². The van der Waals surface area contributed by atoms with E-state index >= 15 is 0 Å². The van der Waals surface area contributed by atoms with Crippen molar-refractivity contribution in [3.63, 3.8) is 0 Å². The number of carbonyl (C=O) groups excluding carboxylic acids is 1. The summed E-state index contributed by atoms with van der Waals surface area (Å²) >= 11 is 0. The molecule has 25 heavy (non-hydrogen) atoms. The molecule has 1 aliphatic rings. The Labute approximate surface area is 146 Å². The first-order valence-corrected chi connectivity index (χ1v) is 8.66. The zero-order valence-electron chi connectivity index (χ0n) is 14.0. The van der Waals surface area contributed by atoms with E-state index in [1.807, 2.05) is 53.7 Å². The Hall–Kier alpha value is -2.66. The molecule has 1 saturated heterocycles. The lowest BCUT2D eigenvalue weighted by molar-refractivity contribution is 0.0507. The van der Waals surface area contributed by atoms with Crippen LogP contribution in [0.4, 0.5) is 0 Å². The third-order valence-corrected chi connectivity index (χ3v) is 4.63. The van der Waals surface area contributed by atoms with E-state index in [1.54, 1.807) is 6.20 Å². The number of benzene rings is 1. The molecule has 1 fully saturated rings. The number of nitrogens with zero attached hydrogens (tertiary/aromatic N) is 2. The quantitative estimate of drug-likeness (QED) is 0.777. The molecule has 0 saturated carbocycles. The Morgan fingerprint density at radius 3 is 3.08 bits per heavy atom. The van der Waals surface area contributed by atoms with Crippen LogP contribution in [0.2, 0.25) is 0 Å². The first-order chi connectivity index (χ1) is 12.3. The standard InChI is InChI=1S/C20H21N3O2/c24-20(17-6-5-16-7-9-22-19(16)11-17)23(14-18-4-2-10-25-18)13-15-3-1-8-21-12-15/h1,3,5-9,11-12,18,22H,2,4,10,13-14H2/t18-/m1/s1. The molecule has 3 heterocycles. The highest BCUT2D eigenvalue weighted by molar-refractivity contribution is 5.97. The fourth-order valence-corrected chi connectivity index (χ4v) is 3.33. The first kappa shape index (κ1) is 15.8. The van der Waals surface area contributed by atoms with Gasteiger partial charge in [-0.25, -0.2) is 0 Å². The van der Waals surface area contributed by atoms with Gasteiger partial charge in [0.25, 0.3) is 5.91 Å². The number of aromatic amines is 1. The topological polar surface area (TPSA) is 58.2 Å². The lowest BCUT2D eigenvalue weighted by Gasteiger charge is -2.25. The van der Waals surface area contributed by atoms with Crippen LogP contribution in [0.5, 0.6) is 0 Å². The highest BCUT2D eigenvalue weighted by atomic mass is 16.5. The molecule has 0 radical (unpaired) electrons. The van der Waals surface area contributed by atoms with Crippen molar-refractivity contribution in [2.45, 2.75) is 25.5 Å². The first-order valence-electron chi connectivity index (χ1n) is 8.66. The summed E-state index contributed by atoms with van der Waals surface area (Å²) in [6.45, 7) is 1.93. The van der Waals surface area contributed by atoms with Crippen LogP contribution in [0.15, 0.2) is 55.0 Å². The SMILES string of the molecule is O=C(c1ccc2cc[nH]c2c1)N(Cc1cccnc1)C[C@H]1CCCO1. The summed E-state index contributed by atoms with van der Waals surface area (Å²) in [5.74, 6) is 0.0239. The van der Waals surface area contributed by atoms with Crippen LogP contribution in [0, 0.1) is 0 Å². The van der Waals surface area contributed by atoms with Gasteiger partial charge in [-0.3, -0.25) is 9.78 Å². The third kappa shape index (κ3) is 3.56. The molecule has 1 amide bonds. The number of H-pyrrole nitrogens is 1. The van der Waals surface area contributed by atoms with Crippen LogP contribution >= 0.6 is 0 Å². The maximum Gasteiger partial charge on any atom is 0.254 e. The van der Waals surface area contributed by atoms with Gasteiger partial charge in [-0.15, -0.1) is 0 Å². The predicted molar refractivity (Wildman–Crippen MR) is 96.3 cm³/mol. The zero-order valence-corrected chi connectivity index (χ0v) is 14.0. The van der Waals surface area contributed by atoms with Crippen LogP contribution in [-0.2, 0) is 11.3 Å². The molecule has 0 spiro atoms. The van der Waals surface area contributed by atoms with Crippen molar-refractivity contribution in [1.29, 1.82) is 0 Å². The lowest BCUT2D eigenvalue weighted by atomic mass is 10.1. The summed E-state index contributed by atoms with van der Waals surface area (Å²) in [5.41, 5.74) is 2.69. The van der Waals surface area contributed by atoms with E-state index in [0.29, 0.717) is 18.7 Å². The molecule has 0 aliphatic carbocycles. The normalized spacial score (nSPS) is 17.0. The molecule has 1 aromatic carbocycles. The minimum absolute atomic E-state index is 0.0239. The van der Waals surface area contributed by atoms with Crippen molar-refractivity contribution in [2.24, 2.45) is 0 Å². The molecule has 0 bridgehead atoms. The third-order valence-electron chi connectivity index (χ3n) is 4.63. The van der Waals surface area contributed by atoms with Gasteiger partial charge in [-0.05, 0) is 48.1 Å². The number of amides is 1. The summed E-state index contributed by atoms with van der Waals surface area (Å²) in [4.78, 5) is 22.3. The monoisotopic (exact) mass is 335 g/mol. The molecule has 4 rings (SSSR count). The van der Waals surface area contributed by atoms with Gasteiger partial charge in [0.2, 0.25) is 0 Å². The Balaban J connectivity index is 1.59. The number of carbonyl (C=O) groups is 1. The number of aromatic nitrogens is 2. The summed E-state index contributed by atoms with van der Waals surface area (Å²) in [5, 5.41) is 1.11. The van der Waals surface area contributed by atoms with E-state index in [2.05, 4.69) is 9.97 Å². The van der Waals surface area contributed by atoms with Crippen molar-refractivity contribution in [2.75, 3.05) is 13.2 Å². The van der Waals surface area contributed by atoms with Gasteiger partial charge in [-0.1, -0.05) is 12.1 Å². The number of rotatable bonds is 5. The minimum atomic E-state index is 0.0239. The second-order valence-corrected chi connectivity index (χ2v) is 6.46. The minimum Gasteiger partial charge on any atom is -0.376 e. The van der Waals surface area contributed by atoms with E-state index in [-0.39, 0.29) is 12.0 Å². The molecule has 1 N–H and O–H groups in total. The lowest BCUT2D eigenvalue weighted by Crippen LogP contribution is -2.37. The van der Waals surface area contributed by atoms with Crippen molar-refractivity contribution in [1.82, 2.24) is 14.9 Å². The highest BCUT2D eigenvalue weighted by Crippen LogP contribution is 2.19. The molecule has 0 unspecified atom stereocenters. The largest absolute Gasteiger partial charge is 0.376 e. The van der Waals surface area contributed by atoms with Crippen molar-refractivity contribution < 1.29 is 9.53 Å². The second-order valence-electron chi connectivity index (χ2n) is 6.46. The zero-order chi connectivity index (χ0) is 17.1. The highest BCUT2D eigenvalue weighted by Gasteiger charge is 2.24. The molecular weight excluding hydrogens is 314 g/mol. The van der Waals surface area contributed by atoms with E-state index in [4.69, 9.17) is 4.74 Å². The van der Waals surface area contributed by atoms with Gasteiger partial charge < -0.3 is 14.6 Å². The van der Waals surface area contributed by atoms with Crippen LogP contribution in [0.25, 0.3) is 10.9 Å². The maximum absolute atomic E-state index is 13.1. The average Bonchev–Trinajstić information content (AvgIpc) is 3.32. The molecule has 1 atom stereocenters. The molecule has 5 heteroatoms. The molecule has 3 aromatic rings. The van der Waals surface area contributed by atoms with E-state index in [1.165, 1.54) is 0 Å². The molecule has 2 aromatic heterocycles. The summed E-state index contributed by atoms with van der Waals surface area (Å²) < 4.78 is 5.75. The number of fused-ring (bicyclic) bond motifs is 1. The summed E-state index contributed by atoms with van der Waals surface area (Å²) in [7, 11) is 0. The van der Waals surface area contributed by atoms with Gasteiger partial charge in [0.1, 0.15) is 0 Å². The maximum atomic E-state index is 13.1. The van der Waals surface area contributed by atoms with Crippen LogP contribution < -0.4 is 0 Å². The number of ether oxygens (including phenoxy) is 1. The van der Waals surface area contributed by atoms with Crippen LogP contribution in [-0.4, -0.2) is 40.0 Å². The molecule has 5 nitrogen and oxygen atoms in total. The number of hydrogen-bond acceptors (Lipinski definition) is 3. The predicted octanol–water partition coefficient (Wildman–Crippen LogP) is 3.38. The Bertz CT molecular complexity index is 854. The van der Waals surface area contributed by atoms with Gasteiger partial charge in [-0.2, -0.15) is 0 Å². The number of pyridine rings is 1. The molecule has 1 aliphatic heterocycles. The van der Waals surface area contributed by atoms with Gasteiger partial charge in [0.15, 0.2) is 0 Å². The number of hydrogen-bond donors (Lipinski definition) is 1. The second kappa shape index (κ2) is 7.07. The van der Waals surface area contributed by atoms with E-state index < -0.39 is 0 Å². The van der Waals surface area contributed by atoms with Crippen molar-refractivity contribution >= 4 is 16.8 Å². The van der Waals surface area contributed by atoms with Gasteiger partial charge >= 0.3 is 0 Å². The Morgan fingerprint density at radius 1 is 1.32 bits per heavy atom. The summed E-state index contributed by atoms with van der Waals surface area (Å²) in [6, 6.07) is 11.7. The molecule has 128 valence electrons. The number of nitrogens with one attached hydrogen (secondary N) is 1.